The SMILES string of the molecule is CCCC1CCC(C2CCC(CCc3cc(F)c4c(c3)CCC(C3CCC(CC)CC3)O4)CC2)CC1. The largest absolute Gasteiger partial charge is 0.487 e. The first kappa shape index (κ1) is 26.6. The molecule has 1 nitrogen and oxygen atoms in total. The second-order valence-corrected chi connectivity index (χ2v) is 13.3. The Morgan fingerprint density at radius 3 is 1.89 bits per heavy atom. The van der Waals surface area contributed by atoms with Gasteiger partial charge in [-0.05, 0) is 117 Å². The number of benzene rings is 1. The highest BCUT2D eigenvalue weighted by Gasteiger charge is 2.33. The van der Waals surface area contributed by atoms with Crippen molar-refractivity contribution in [3.8, 4) is 5.75 Å². The Morgan fingerprint density at radius 2 is 1.28 bits per heavy atom. The third kappa shape index (κ3) is 6.50. The smallest absolute Gasteiger partial charge is 0.165 e. The van der Waals surface area contributed by atoms with Crippen LogP contribution in [0.25, 0.3) is 0 Å². The Bertz CT molecular complexity index is 809. The summed E-state index contributed by atoms with van der Waals surface area (Å²) in [5.74, 6) is 5.89. The van der Waals surface area contributed by atoms with Crippen molar-refractivity contribution in [2.45, 2.75) is 142 Å². The summed E-state index contributed by atoms with van der Waals surface area (Å²) in [7, 11) is 0. The van der Waals surface area contributed by atoms with Crippen molar-refractivity contribution in [2.75, 3.05) is 0 Å². The molecule has 0 N–H and O–H groups in total. The molecule has 1 aromatic rings. The fraction of sp³-hybridized carbons (Fsp3) is 0.824. The molecule has 3 fully saturated rings. The standard InChI is InChI=1S/C34H53FO/c1-3-5-25-10-14-28(15-11-25)29-16-12-26(13-17-29)6-7-27-22-31-20-21-33(36-34(31)32(35)23-27)30-18-8-24(4-2)9-19-30/h22-26,28-30,33H,3-21H2,1-2H3. The summed E-state index contributed by atoms with van der Waals surface area (Å²) in [6.45, 7) is 4.66. The molecule has 1 aromatic carbocycles. The number of hydrogen-bond donors (Lipinski definition) is 0. The van der Waals surface area contributed by atoms with Crippen LogP contribution in [0.2, 0.25) is 0 Å². The Kier molecular flexibility index (Phi) is 9.34. The highest BCUT2D eigenvalue weighted by molar-refractivity contribution is 5.40. The maximum Gasteiger partial charge on any atom is 0.165 e. The summed E-state index contributed by atoms with van der Waals surface area (Å²) < 4.78 is 21.5. The zero-order valence-electron chi connectivity index (χ0n) is 23.4. The molecule has 202 valence electrons. The van der Waals surface area contributed by atoms with Gasteiger partial charge in [0.1, 0.15) is 6.10 Å². The van der Waals surface area contributed by atoms with E-state index in [0.29, 0.717) is 11.7 Å². The lowest BCUT2D eigenvalue weighted by molar-refractivity contribution is 0.0725. The molecule has 4 aliphatic rings. The molecular weight excluding hydrogens is 443 g/mol. The summed E-state index contributed by atoms with van der Waals surface area (Å²) in [6.07, 6.45) is 25.5. The van der Waals surface area contributed by atoms with Gasteiger partial charge in [-0.1, -0.05) is 77.7 Å². The van der Waals surface area contributed by atoms with Crippen molar-refractivity contribution in [1.82, 2.24) is 0 Å². The molecule has 0 amide bonds. The van der Waals surface area contributed by atoms with E-state index in [9.17, 15) is 0 Å². The predicted octanol–water partition coefficient (Wildman–Crippen LogP) is 10.1. The molecule has 1 atom stereocenters. The fourth-order valence-electron chi connectivity index (χ4n) is 8.66. The Labute approximate surface area is 221 Å². The van der Waals surface area contributed by atoms with Crippen molar-refractivity contribution in [1.29, 1.82) is 0 Å². The molecule has 36 heavy (non-hydrogen) atoms. The van der Waals surface area contributed by atoms with Crippen LogP contribution in [0.5, 0.6) is 5.75 Å². The highest BCUT2D eigenvalue weighted by atomic mass is 19.1. The molecule has 1 unspecified atom stereocenters. The third-order valence-corrected chi connectivity index (χ3v) is 11.1. The van der Waals surface area contributed by atoms with E-state index in [0.717, 1.165) is 54.4 Å². The summed E-state index contributed by atoms with van der Waals surface area (Å²) in [5.41, 5.74) is 2.33. The van der Waals surface area contributed by atoms with Gasteiger partial charge in [0, 0.05) is 0 Å². The molecule has 0 radical (unpaired) electrons. The van der Waals surface area contributed by atoms with Crippen molar-refractivity contribution in [3.63, 3.8) is 0 Å². The summed E-state index contributed by atoms with van der Waals surface area (Å²) in [6, 6.07) is 4.08. The van der Waals surface area contributed by atoms with Crippen LogP contribution < -0.4 is 4.74 Å². The van der Waals surface area contributed by atoms with E-state index < -0.39 is 0 Å². The molecule has 3 aliphatic carbocycles. The van der Waals surface area contributed by atoms with E-state index in [1.807, 2.05) is 0 Å². The quantitative estimate of drug-likeness (QED) is 0.348. The van der Waals surface area contributed by atoms with Gasteiger partial charge in [-0.2, -0.15) is 0 Å². The molecule has 5 rings (SSSR count). The zero-order chi connectivity index (χ0) is 24.9. The molecule has 1 heterocycles. The predicted molar refractivity (Wildman–Crippen MR) is 149 cm³/mol. The second kappa shape index (κ2) is 12.7. The normalized spacial score (nSPS) is 35.1. The van der Waals surface area contributed by atoms with E-state index in [2.05, 4.69) is 19.9 Å². The van der Waals surface area contributed by atoms with Crippen LogP contribution in [0.3, 0.4) is 0 Å². The molecule has 2 heteroatoms. The molecule has 3 saturated carbocycles. The first-order valence-corrected chi connectivity index (χ1v) is 16.1. The Balaban J connectivity index is 1.07. The van der Waals surface area contributed by atoms with Gasteiger partial charge in [0.25, 0.3) is 0 Å². The van der Waals surface area contributed by atoms with E-state index in [1.54, 1.807) is 6.07 Å². The molecule has 0 spiro atoms. The number of fused-ring (bicyclic) bond motifs is 1. The zero-order valence-corrected chi connectivity index (χ0v) is 23.4. The van der Waals surface area contributed by atoms with E-state index >= 15 is 4.39 Å². The lowest BCUT2D eigenvalue weighted by Gasteiger charge is -2.38. The van der Waals surface area contributed by atoms with Crippen molar-refractivity contribution < 1.29 is 9.13 Å². The second-order valence-electron chi connectivity index (χ2n) is 13.3. The van der Waals surface area contributed by atoms with Gasteiger partial charge in [0.05, 0.1) is 0 Å². The lowest BCUT2D eigenvalue weighted by Crippen LogP contribution is -2.34. The average molecular weight is 497 g/mol. The van der Waals surface area contributed by atoms with Crippen molar-refractivity contribution in [3.05, 3.63) is 29.1 Å². The van der Waals surface area contributed by atoms with Gasteiger partial charge in [-0.25, -0.2) is 4.39 Å². The first-order valence-electron chi connectivity index (χ1n) is 16.1. The minimum absolute atomic E-state index is 0.100. The van der Waals surface area contributed by atoms with Gasteiger partial charge < -0.3 is 4.74 Å². The van der Waals surface area contributed by atoms with Crippen LogP contribution in [0, 0.1) is 41.3 Å². The van der Waals surface area contributed by atoms with Crippen LogP contribution in [-0.2, 0) is 12.8 Å². The van der Waals surface area contributed by atoms with Gasteiger partial charge in [0.15, 0.2) is 11.6 Å². The highest BCUT2D eigenvalue weighted by Crippen LogP contribution is 2.44. The topological polar surface area (TPSA) is 9.23 Å². The van der Waals surface area contributed by atoms with E-state index in [4.69, 9.17) is 4.74 Å². The van der Waals surface area contributed by atoms with Crippen LogP contribution in [-0.4, -0.2) is 6.10 Å². The third-order valence-electron chi connectivity index (χ3n) is 11.1. The van der Waals surface area contributed by atoms with E-state index in [-0.39, 0.29) is 11.9 Å². The van der Waals surface area contributed by atoms with Gasteiger partial charge >= 0.3 is 0 Å². The lowest BCUT2D eigenvalue weighted by atomic mass is 9.68. The maximum absolute atomic E-state index is 15.2. The molecule has 0 bridgehead atoms. The van der Waals surface area contributed by atoms with Gasteiger partial charge in [-0.3, -0.25) is 0 Å². The number of aryl methyl sites for hydroxylation is 2. The van der Waals surface area contributed by atoms with Gasteiger partial charge in [-0.15, -0.1) is 0 Å². The van der Waals surface area contributed by atoms with E-state index in [1.165, 1.54) is 108 Å². The van der Waals surface area contributed by atoms with Crippen LogP contribution >= 0.6 is 0 Å². The number of halogens is 1. The van der Waals surface area contributed by atoms with Crippen molar-refractivity contribution in [2.24, 2.45) is 35.5 Å². The van der Waals surface area contributed by atoms with Crippen molar-refractivity contribution >= 4 is 0 Å². The summed E-state index contributed by atoms with van der Waals surface area (Å²) >= 11 is 0. The van der Waals surface area contributed by atoms with Crippen LogP contribution in [0.4, 0.5) is 4.39 Å². The first-order chi connectivity index (χ1) is 17.6. The Hall–Kier alpha value is -1.05. The molecule has 0 aromatic heterocycles. The summed E-state index contributed by atoms with van der Waals surface area (Å²) in [5, 5.41) is 0. The summed E-state index contributed by atoms with van der Waals surface area (Å²) in [4.78, 5) is 0. The van der Waals surface area contributed by atoms with Crippen LogP contribution in [0.15, 0.2) is 12.1 Å². The molecular formula is C34H53FO. The number of hydrogen-bond acceptors (Lipinski definition) is 1. The Morgan fingerprint density at radius 1 is 0.694 bits per heavy atom. The average Bonchev–Trinajstić information content (AvgIpc) is 2.93. The fourth-order valence-corrected chi connectivity index (χ4v) is 8.66. The van der Waals surface area contributed by atoms with Crippen LogP contribution in [0.1, 0.15) is 134 Å². The number of rotatable bonds is 8. The number of ether oxygens (including phenoxy) is 1. The minimum atomic E-state index is -0.100. The minimum Gasteiger partial charge on any atom is -0.487 e. The van der Waals surface area contributed by atoms with Gasteiger partial charge in [0.2, 0.25) is 0 Å². The molecule has 1 aliphatic heterocycles. The molecule has 0 saturated heterocycles. The monoisotopic (exact) mass is 496 g/mol. The maximum atomic E-state index is 15.2.